The number of imidazole rings is 1. The molecule has 7 nitrogen and oxygen atoms in total. The molecule has 7 heteroatoms. The number of nitrogens with zero attached hydrogens (tertiary/aromatic N) is 4. The molecule has 0 atom stereocenters. The number of benzene rings is 1. The molecule has 0 spiro atoms. The first kappa shape index (κ1) is 19.7. The van der Waals surface area contributed by atoms with E-state index in [-0.39, 0.29) is 5.91 Å². The van der Waals surface area contributed by atoms with Crippen LogP contribution in [0.1, 0.15) is 22.6 Å². The zero-order chi connectivity index (χ0) is 21.1. The molecule has 1 amide bonds. The van der Waals surface area contributed by atoms with E-state index in [1.54, 1.807) is 24.4 Å². The average Bonchev–Trinajstić information content (AvgIpc) is 3.17. The van der Waals surface area contributed by atoms with Gasteiger partial charge in [-0.05, 0) is 49.8 Å². The van der Waals surface area contributed by atoms with Crippen molar-refractivity contribution >= 4 is 12.0 Å². The van der Waals surface area contributed by atoms with Crippen LogP contribution in [-0.2, 0) is 16.1 Å². The van der Waals surface area contributed by atoms with Crippen molar-refractivity contribution in [1.82, 2.24) is 19.4 Å². The number of aryl methyl sites for hydroxylation is 2. The number of hydrogen-bond donors (Lipinski definition) is 0. The Kier molecular flexibility index (Phi) is 5.52. The van der Waals surface area contributed by atoms with E-state index in [1.165, 1.54) is 0 Å². The third kappa shape index (κ3) is 4.20. The molecule has 1 fully saturated rings. The highest BCUT2D eigenvalue weighted by Crippen LogP contribution is 2.26. The largest absolute Gasteiger partial charge is 0.495 e. The quantitative estimate of drug-likeness (QED) is 0.611. The Morgan fingerprint density at radius 3 is 2.80 bits per heavy atom. The van der Waals surface area contributed by atoms with Crippen LogP contribution in [0.4, 0.5) is 0 Å². The van der Waals surface area contributed by atoms with Gasteiger partial charge in [0.1, 0.15) is 12.4 Å². The topological polar surface area (TPSA) is 69.5 Å². The SMILES string of the molecule is COc1cc(/C=C2\OCCN(Cc3cccc(C)n3)C2=O)ccc1-n1cnc(C)c1. The molecule has 0 N–H and O–H groups in total. The van der Waals surface area contributed by atoms with Crippen molar-refractivity contribution in [2.45, 2.75) is 20.4 Å². The molecular weight excluding hydrogens is 380 g/mol. The van der Waals surface area contributed by atoms with Gasteiger partial charge in [-0.3, -0.25) is 9.78 Å². The summed E-state index contributed by atoms with van der Waals surface area (Å²) in [6, 6.07) is 11.6. The zero-order valence-electron chi connectivity index (χ0n) is 17.3. The molecule has 0 aliphatic carbocycles. The van der Waals surface area contributed by atoms with Crippen molar-refractivity contribution in [3.05, 3.63) is 77.3 Å². The summed E-state index contributed by atoms with van der Waals surface area (Å²) in [5.41, 5.74) is 4.43. The molecule has 30 heavy (non-hydrogen) atoms. The van der Waals surface area contributed by atoms with E-state index in [9.17, 15) is 4.79 Å². The number of amides is 1. The van der Waals surface area contributed by atoms with E-state index < -0.39 is 0 Å². The fourth-order valence-electron chi connectivity index (χ4n) is 3.42. The standard InChI is InChI=1S/C23H24N4O3/c1-16-5-4-6-19(25-16)14-26-9-10-30-22(23(26)28)12-18-7-8-20(21(11-18)29-3)27-13-17(2)24-15-27/h4-8,11-13,15H,9-10,14H2,1-3H3/b22-12-. The van der Waals surface area contributed by atoms with Gasteiger partial charge in [0.15, 0.2) is 5.76 Å². The van der Waals surface area contributed by atoms with Gasteiger partial charge in [0.05, 0.1) is 43.6 Å². The van der Waals surface area contributed by atoms with Crippen LogP contribution in [-0.4, -0.2) is 45.6 Å². The third-order valence-corrected chi connectivity index (χ3v) is 4.91. The monoisotopic (exact) mass is 404 g/mol. The van der Waals surface area contributed by atoms with Gasteiger partial charge in [-0.15, -0.1) is 0 Å². The van der Waals surface area contributed by atoms with Crippen LogP contribution in [0.25, 0.3) is 11.8 Å². The number of ether oxygens (including phenoxy) is 2. The van der Waals surface area contributed by atoms with E-state index in [2.05, 4.69) is 9.97 Å². The van der Waals surface area contributed by atoms with Crippen molar-refractivity contribution in [3.63, 3.8) is 0 Å². The van der Waals surface area contributed by atoms with E-state index in [0.29, 0.717) is 31.2 Å². The number of pyridine rings is 1. The molecule has 154 valence electrons. The van der Waals surface area contributed by atoms with E-state index in [4.69, 9.17) is 9.47 Å². The summed E-state index contributed by atoms with van der Waals surface area (Å²) in [5, 5.41) is 0. The summed E-state index contributed by atoms with van der Waals surface area (Å²) >= 11 is 0. The van der Waals surface area contributed by atoms with Gasteiger partial charge < -0.3 is 18.9 Å². The second kappa shape index (κ2) is 8.41. The molecule has 0 radical (unpaired) electrons. The number of carbonyl (C=O) groups excluding carboxylic acids is 1. The Hall–Kier alpha value is -3.61. The lowest BCUT2D eigenvalue weighted by Gasteiger charge is -2.28. The summed E-state index contributed by atoms with van der Waals surface area (Å²) in [7, 11) is 1.62. The fraction of sp³-hybridized carbons (Fsp3) is 0.261. The van der Waals surface area contributed by atoms with Crippen LogP contribution in [0.2, 0.25) is 0 Å². The number of aromatic nitrogens is 3. The molecule has 1 aliphatic heterocycles. The molecule has 4 rings (SSSR count). The fourth-order valence-corrected chi connectivity index (χ4v) is 3.42. The zero-order valence-corrected chi connectivity index (χ0v) is 17.3. The Labute approximate surface area is 175 Å². The first-order valence-electron chi connectivity index (χ1n) is 9.79. The maximum Gasteiger partial charge on any atom is 0.289 e. The number of morpholine rings is 1. The summed E-state index contributed by atoms with van der Waals surface area (Å²) < 4.78 is 13.1. The Bertz CT molecular complexity index is 1100. The van der Waals surface area contributed by atoms with Gasteiger partial charge in [-0.2, -0.15) is 0 Å². The Balaban J connectivity index is 1.56. The van der Waals surface area contributed by atoms with Gasteiger partial charge in [-0.25, -0.2) is 4.98 Å². The maximum atomic E-state index is 12.9. The highest BCUT2D eigenvalue weighted by molar-refractivity contribution is 5.96. The van der Waals surface area contributed by atoms with Gasteiger partial charge in [-0.1, -0.05) is 12.1 Å². The van der Waals surface area contributed by atoms with E-state index in [0.717, 1.165) is 28.3 Å². The molecule has 0 saturated carbocycles. The highest BCUT2D eigenvalue weighted by atomic mass is 16.5. The van der Waals surface area contributed by atoms with Crippen molar-refractivity contribution in [1.29, 1.82) is 0 Å². The summed E-state index contributed by atoms with van der Waals surface area (Å²) in [5.74, 6) is 0.867. The van der Waals surface area contributed by atoms with Crippen LogP contribution in [0.15, 0.2) is 54.7 Å². The average molecular weight is 404 g/mol. The minimum Gasteiger partial charge on any atom is -0.495 e. The molecule has 2 aromatic heterocycles. The third-order valence-electron chi connectivity index (χ3n) is 4.91. The predicted molar refractivity (Wildman–Crippen MR) is 113 cm³/mol. The highest BCUT2D eigenvalue weighted by Gasteiger charge is 2.25. The molecule has 0 bridgehead atoms. The molecule has 1 saturated heterocycles. The van der Waals surface area contributed by atoms with Crippen LogP contribution >= 0.6 is 0 Å². The second-order valence-corrected chi connectivity index (χ2v) is 7.21. The summed E-state index contributed by atoms with van der Waals surface area (Å²) in [4.78, 5) is 23.4. The minimum atomic E-state index is -0.141. The first-order chi connectivity index (χ1) is 14.5. The van der Waals surface area contributed by atoms with Gasteiger partial charge >= 0.3 is 0 Å². The Morgan fingerprint density at radius 1 is 1.20 bits per heavy atom. The second-order valence-electron chi connectivity index (χ2n) is 7.21. The summed E-state index contributed by atoms with van der Waals surface area (Å²) in [6.07, 6.45) is 5.43. The van der Waals surface area contributed by atoms with Crippen molar-refractivity contribution in [2.75, 3.05) is 20.3 Å². The number of rotatable bonds is 5. The lowest BCUT2D eigenvalue weighted by Crippen LogP contribution is -2.39. The van der Waals surface area contributed by atoms with Crippen molar-refractivity contribution in [3.8, 4) is 11.4 Å². The molecular formula is C23H24N4O3. The molecule has 3 aromatic rings. The Morgan fingerprint density at radius 2 is 2.07 bits per heavy atom. The number of hydrogen-bond acceptors (Lipinski definition) is 5. The number of methoxy groups -OCH3 is 1. The summed E-state index contributed by atoms with van der Waals surface area (Å²) in [6.45, 7) is 5.33. The van der Waals surface area contributed by atoms with Crippen LogP contribution in [0.3, 0.4) is 0 Å². The molecule has 3 heterocycles. The lowest BCUT2D eigenvalue weighted by molar-refractivity contribution is -0.136. The smallest absolute Gasteiger partial charge is 0.289 e. The van der Waals surface area contributed by atoms with E-state index >= 15 is 0 Å². The van der Waals surface area contributed by atoms with Gasteiger partial charge in [0.2, 0.25) is 0 Å². The van der Waals surface area contributed by atoms with Gasteiger partial charge in [0.25, 0.3) is 5.91 Å². The normalized spacial score (nSPS) is 15.4. The molecule has 0 unspecified atom stereocenters. The van der Waals surface area contributed by atoms with Crippen LogP contribution in [0, 0.1) is 13.8 Å². The predicted octanol–water partition coefficient (Wildman–Crippen LogP) is 3.29. The first-order valence-corrected chi connectivity index (χ1v) is 9.79. The van der Waals surface area contributed by atoms with Crippen LogP contribution in [0.5, 0.6) is 5.75 Å². The lowest BCUT2D eigenvalue weighted by atomic mass is 10.1. The molecule has 1 aliphatic rings. The van der Waals surface area contributed by atoms with Crippen molar-refractivity contribution < 1.29 is 14.3 Å². The van der Waals surface area contributed by atoms with Gasteiger partial charge in [0, 0.05) is 11.9 Å². The van der Waals surface area contributed by atoms with Crippen LogP contribution < -0.4 is 4.74 Å². The number of carbonyl (C=O) groups is 1. The molecule has 1 aromatic carbocycles. The minimum absolute atomic E-state index is 0.141. The van der Waals surface area contributed by atoms with E-state index in [1.807, 2.05) is 61.0 Å². The maximum absolute atomic E-state index is 12.9. The van der Waals surface area contributed by atoms with Crippen molar-refractivity contribution in [2.24, 2.45) is 0 Å².